The number of hydrogen-bond donors (Lipinski definition) is 1. The summed E-state index contributed by atoms with van der Waals surface area (Å²) in [4.78, 5) is 15.0. The summed E-state index contributed by atoms with van der Waals surface area (Å²) < 4.78 is 0. The first kappa shape index (κ1) is 33.8. The summed E-state index contributed by atoms with van der Waals surface area (Å²) in [7, 11) is 0. The molecule has 0 aromatic heterocycles. The van der Waals surface area contributed by atoms with Crippen LogP contribution in [0.2, 0.25) is 30.1 Å². The van der Waals surface area contributed by atoms with Crippen LogP contribution < -0.4 is 0 Å². The minimum Gasteiger partial charge on any atom is -0.384 e. The molecule has 0 aliphatic heterocycles. The average molecular weight is 740 g/mol. The fraction of sp³-hybridized carbons (Fsp3) is 0.158. The maximum absolute atomic E-state index is 15.0. The van der Waals surface area contributed by atoms with Crippen LogP contribution in [0, 0.1) is 17.2 Å². The third kappa shape index (κ3) is 6.07. The van der Waals surface area contributed by atoms with E-state index in [1.54, 1.807) is 78.9 Å². The number of carbonyl (C=O) groups excluding carboxylic acids is 1. The summed E-state index contributed by atoms with van der Waals surface area (Å²) in [5.74, 6) is -3.26. The molecular weight excluding hydrogens is 715 g/mol. The van der Waals surface area contributed by atoms with Crippen molar-refractivity contribution in [3.05, 3.63) is 173 Å². The first-order valence-corrected chi connectivity index (χ1v) is 16.9. The van der Waals surface area contributed by atoms with Crippen LogP contribution in [0.15, 0.2) is 115 Å². The molecule has 0 spiro atoms. The number of Topliss-reactive ketones (excluding diaryl/α,β-unsaturated/α-hetero) is 1. The van der Waals surface area contributed by atoms with Gasteiger partial charge in [-0.2, -0.15) is 5.26 Å². The van der Waals surface area contributed by atoms with Crippen LogP contribution in [0.25, 0.3) is 0 Å². The number of ketones is 1. The Balaban J connectivity index is 1.76. The van der Waals surface area contributed by atoms with E-state index in [0.29, 0.717) is 52.9 Å². The van der Waals surface area contributed by atoms with Gasteiger partial charge in [0.25, 0.3) is 0 Å². The van der Waals surface area contributed by atoms with E-state index in [0.717, 1.165) is 0 Å². The topological polar surface area (TPSA) is 61.1 Å². The summed E-state index contributed by atoms with van der Waals surface area (Å²) in [6, 6.07) is 35.5. The molecule has 5 atom stereocenters. The SMILES string of the molecule is N#CC1(c2ccccc2)C(c2ccc(Cl)c(Cl)c2)CC(O)(c2ccc(Cl)cc2)C(C(=O)c2ccc(Cl)cc2)C1c1ccc(Cl)c(Cl)c1. The number of halogens is 6. The lowest BCUT2D eigenvalue weighted by Crippen LogP contribution is -2.58. The molecule has 47 heavy (non-hydrogen) atoms. The highest BCUT2D eigenvalue weighted by molar-refractivity contribution is 6.42. The summed E-state index contributed by atoms with van der Waals surface area (Å²) in [6.45, 7) is 0. The van der Waals surface area contributed by atoms with Crippen LogP contribution >= 0.6 is 69.6 Å². The van der Waals surface area contributed by atoms with Crippen LogP contribution in [-0.2, 0) is 11.0 Å². The van der Waals surface area contributed by atoms with Gasteiger partial charge in [0.15, 0.2) is 5.78 Å². The Kier molecular flexibility index (Phi) is 9.69. The van der Waals surface area contributed by atoms with Crippen molar-refractivity contribution in [3.8, 4) is 6.07 Å². The minimum atomic E-state index is -1.83. The van der Waals surface area contributed by atoms with Gasteiger partial charge in [0.05, 0.1) is 37.5 Å². The third-order valence-electron chi connectivity index (χ3n) is 9.24. The smallest absolute Gasteiger partial charge is 0.169 e. The van der Waals surface area contributed by atoms with E-state index in [-0.39, 0.29) is 17.2 Å². The lowest BCUT2D eigenvalue weighted by atomic mass is 9.46. The van der Waals surface area contributed by atoms with Gasteiger partial charge in [0, 0.05) is 27.4 Å². The molecule has 1 saturated carbocycles. The van der Waals surface area contributed by atoms with Crippen molar-refractivity contribution < 1.29 is 9.90 Å². The Hall–Kier alpha value is -3.04. The number of hydrogen-bond acceptors (Lipinski definition) is 3. The van der Waals surface area contributed by atoms with Crippen molar-refractivity contribution >= 4 is 75.4 Å². The first-order chi connectivity index (χ1) is 22.5. The zero-order valence-corrected chi connectivity index (χ0v) is 29.0. The highest BCUT2D eigenvalue weighted by Gasteiger charge is 2.64. The van der Waals surface area contributed by atoms with E-state index < -0.39 is 28.8 Å². The van der Waals surface area contributed by atoms with Crippen molar-refractivity contribution in [1.29, 1.82) is 5.26 Å². The van der Waals surface area contributed by atoms with Gasteiger partial charge >= 0.3 is 0 Å². The van der Waals surface area contributed by atoms with Gasteiger partial charge in [-0.25, -0.2) is 0 Å². The number of aliphatic hydroxyl groups is 1. The molecule has 5 unspecified atom stereocenters. The lowest BCUT2D eigenvalue weighted by Gasteiger charge is -2.56. The summed E-state index contributed by atoms with van der Waals surface area (Å²) in [6.07, 6.45) is -0.0309. The molecule has 0 bridgehead atoms. The standard InChI is InChI=1S/C38H25Cl6NO2/c39-27-12-6-22(7-13-27)36(46)35-34(24-9-17-31(42)33(44)19-24)37(21-45,25-4-2-1-3-5-25)29(23-8-16-30(41)32(43)18-23)20-38(35,47)26-10-14-28(40)15-11-26/h1-19,29,34-35,47H,20H2. The second kappa shape index (κ2) is 13.5. The Morgan fingerprint density at radius 2 is 1.19 bits per heavy atom. The fourth-order valence-electron chi connectivity index (χ4n) is 7.13. The molecule has 1 fully saturated rings. The van der Waals surface area contributed by atoms with Gasteiger partial charge in [-0.15, -0.1) is 0 Å². The average Bonchev–Trinajstić information content (AvgIpc) is 3.07. The van der Waals surface area contributed by atoms with Crippen LogP contribution in [-0.4, -0.2) is 10.9 Å². The Bertz CT molecular complexity index is 1990. The van der Waals surface area contributed by atoms with Crippen LogP contribution in [0.5, 0.6) is 0 Å². The predicted octanol–water partition coefficient (Wildman–Crippen LogP) is 11.7. The molecule has 6 rings (SSSR count). The Labute approximate surface area is 303 Å². The molecule has 1 N–H and O–H groups in total. The third-order valence-corrected chi connectivity index (χ3v) is 11.2. The van der Waals surface area contributed by atoms with E-state index in [4.69, 9.17) is 69.6 Å². The highest BCUT2D eigenvalue weighted by atomic mass is 35.5. The number of benzene rings is 5. The molecule has 5 aromatic rings. The van der Waals surface area contributed by atoms with E-state index in [9.17, 15) is 10.4 Å². The normalized spacial score (nSPS) is 24.0. The van der Waals surface area contributed by atoms with Gasteiger partial charge < -0.3 is 5.11 Å². The van der Waals surface area contributed by atoms with Gasteiger partial charge in [-0.3, -0.25) is 4.79 Å². The van der Waals surface area contributed by atoms with Crippen LogP contribution in [0.3, 0.4) is 0 Å². The molecule has 236 valence electrons. The highest BCUT2D eigenvalue weighted by Crippen LogP contribution is 2.64. The monoisotopic (exact) mass is 737 g/mol. The van der Waals surface area contributed by atoms with Gasteiger partial charge in [0.1, 0.15) is 5.60 Å². The summed E-state index contributed by atoms with van der Waals surface area (Å²) in [5, 5.41) is 27.0. The quantitative estimate of drug-likeness (QED) is 0.176. The molecule has 5 aromatic carbocycles. The number of nitriles is 1. The maximum Gasteiger partial charge on any atom is 0.169 e. The van der Waals surface area contributed by atoms with Gasteiger partial charge in [-0.1, -0.05) is 124 Å². The van der Waals surface area contributed by atoms with Crippen molar-refractivity contribution in [2.45, 2.75) is 29.3 Å². The predicted molar refractivity (Wildman–Crippen MR) is 191 cm³/mol. The zero-order chi connectivity index (χ0) is 33.5. The number of rotatable bonds is 6. The van der Waals surface area contributed by atoms with Gasteiger partial charge in [0.2, 0.25) is 0 Å². The van der Waals surface area contributed by atoms with E-state index in [2.05, 4.69) is 6.07 Å². The van der Waals surface area contributed by atoms with Crippen LogP contribution in [0.4, 0.5) is 0 Å². The molecule has 3 nitrogen and oxygen atoms in total. The first-order valence-electron chi connectivity index (χ1n) is 14.6. The van der Waals surface area contributed by atoms with E-state index in [1.807, 2.05) is 36.4 Å². The zero-order valence-electron chi connectivity index (χ0n) is 24.5. The lowest BCUT2D eigenvalue weighted by molar-refractivity contribution is -0.0738. The molecule has 0 heterocycles. The molecule has 1 aliphatic rings. The van der Waals surface area contributed by atoms with Crippen molar-refractivity contribution in [3.63, 3.8) is 0 Å². The fourth-order valence-corrected chi connectivity index (χ4v) is 8.00. The molecule has 0 amide bonds. The molecule has 0 saturated heterocycles. The summed E-state index contributed by atoms with van der Waals surface area (Å²) in [5.41, 5.74) is -0.616. The van der Waals surface area contributed by atoms with Crippen molar-refractivity contribution in [2.75, 3.05) is 0 Å². The summed E-state index contributed by atoms with van der Waals surface area (Å²) >= 11 is 38.6. The second-order valence-electron chi connectivity index (χ2n) is 11.7. The van der Waals surface area contributed by atoms with E-state index >= 15 is 4.79 Å². The molecule has 9 heteroatoms. The molecule has 1 aliphatic carbocycles. The van der Waals surface area contributed by atoms with Crippen molar-refractivity contribution in [1.82, 2.24) is 0 Å². The minimum absolute atomic E-state index is 0.0309. The van der Waals surface area contributed by atoms with Crippen molar-refractivity contribution in [2.24, 2.45) is 5.92 Å². The number of carbonyl (C=O) groups is 1. The Morgan fingerprint density at radius 3 is 1.74 bits per heavy atom. The van der Waals surface area contributed by atoms with E-state index in [1.165, 1.54) is 0 Å². The Morgan fingerprint density at radius 1 is 0.660 bits per heavy atom. The molecule has 0 radical (unpaired) electrons. The maximum atomic E-state index is 15.0. The molecular formula is C38H25Cl6NO2. The largest absolute Gasteiger partial charge is 0.384 e. The second-order valence-corrected chi connectivity index (χ2v) is 14.2. The van der Waals surface area contributed by atoms with Gasteiger partial charge in [-0.05, 0) is 89.3 Å². The number of nitrogens with zero attached hydrogens (tertiary/aromatic N) is 1. The van der Waals surface area contributed by atoms with Crippen LogP contribution in [0.1, 0.15) is 50.9 Å².